The van der Waals surface area contributed by atoms with E-state index in [9.17, 15) is 18.4 Å². The maximum atomic E-state index is 13.8. The molecule has 1 rings (SSSR count). The fourth-order valence-electron chi connectivity index (χ4n) is 1.84. The molecule has 0 spiro atoms. The second-order valence-electron chi connectivity index (χ2n) is 6.00. The molecule has 0 heterocycles. The van der Waals surface area contributed by atoms with Gasteiger partial charge >= 0.3 is 12.1 Å². The van der Waals surface area contributed by atoms with Crippen molar-refractivity contribution in [3.8, 4) is 0 Å². The molecule has 5 nitrogen and oxygen atoms in total. The molecular formula is C15H18BrF2NO4. The van der Waals surface area contributed by atoms with E-state index in [1.54, 1.807) is 20.8 Å². The molecule has 2 N–H and O–H groups in total. The number of hydrogen-bond acceptors (Lipinski definition) is 3. The molecule has 0 bridgehead atoms. The Kier molecular flexibility index (Phi) is 6.49. The number of ether oxygens (including phenoxy) is 1. The average molecular weight is 394 g/mol. The van der Waals surface area contributed by atoms with Gasteiger partial charge in [0.1, 0.15) is 17.2 Å². The minimum absolute atomic E-state index is 0.0337. The molecule has 1 aromatic carbocycles. The molecule has 1 atom stereocenters. The lowest BCUT2D eigenvalue weighted by molar-refractivity contribution is -0.137. The van der Waals surface area contributed by atoms with E-state index < -0.39 is 41.8 Å². The van der Waals surface area contributed by atoms with Gasteiger partial charge in [-0.2, -0.15) is 0 Å². The molecular weight excluding hydrogens is 376 g/mol. The first-order valence-corrected chi connectivity index (χ1v) is 7.62. The highest BCUT2D eigenvalue weighted by atomic mass is 79.9. The fourth-order valence-corrected chi connectivity index (χ4v) is 2.16. The molecule has 23 heavy (non-hydrogen) atoms. The summed E-state index contributed by atoms with van der Waals surface area (Å²) in [4.78, 5) is 22.7. The lowest BCUT2D eigenvalue weighted by Crippen LogP contribution is -2.41. The van der Waals surface area contributed by atoms with Crippen molar-refractivity contribution in [2.24, 2.45) is 0 Å². The van der Waals surface area contributed by atoms with E-state index in [4.69, 9.17) is 9.84 Å². The summed E-state index contributed by atoms with van der Waals surface area (Å²) < 4.78 is 32.4. The zero-order valence-corrected chi connectivity index (χ0v) is 14.5. The van der Waals surface area contributed by atoms with Gasteiger partial charge in [-0.15, -0.1) is 0 Å². The van der Waals surface area contributed by atoms with Crippen LogP contribution in [-0.4, -0.2) is 28.8 Å². The van der Waals surface area contributed by atoms with E-state index in [-0.39, 0.29) is 16.5 Å². The SMILES string of the molecule is CC(C)(C)OC(=O)NC(CC(=O)O)Cc1cc(F)c(Br)cc1F. The molecule has 1 aromatic rings. The van der Waals surface area contributed by atoms with Crippen molar-refractivity contribution in [1.82, 2.24) is 5.32 Å². The van der Waals surface area contributed by atoms with Crippen molar-refractivity contribution in [2.45, 2.75) is 45.3 Å². The van der Waals surface area contributed by atoms with Gasteiger partial charge in [-0.25, -0.2) is 13.6 Å². The van der Waals surface area contributed by atoms with Crippen LogP contribution in [0.1, 0.15) is 32.8 Å². The molecule has 0 aliphatic rings. The smallest absolute Gasteiger partial charge is 0.407 e. The van der Waals surface area contributed by atoms with Crippen molar-refractivity contribution >= 4 is 28.0 Å². The number of hydrogen-bond donors (Lipinski definition) is 2. The second-order valence-corrected chi connectivity index (χ2v) is 6.86. The lowest BCUT2D eigenvalue weighted by Gasteiger charge is -2.23. The van der Waals surface area contributed by atoms with Gasteiger partial charge in [0.15, 0.2) is 0 Å². The minimum atomic E-state index is -1.18. The number of alkyl carbamates (subject to hydrolysis) is 1. The van der Waals surface area contributed by atoms with Crippen LogP contribution in [0.2, 0.25) is 0 Å². The van der Waals surface area contributed by atoms with Gasteiger partial charge in [-0.1, -0.05) is 0 Å². The number of aliphatic carboxylic acids is 1. The third-order valence-electron chi connectivity index (χ3n) is 2.70. The summed E-state index contributed by atoms with van der Waals surface area (Å²) in [6, 6.07) is 0.985. The summed E-state index contributed by atoms with van der Waals surface area (Å²) in [5, 5.41) is 11.3. The van der Waals surface area contributed by atoms with Gasteiger partial charge in [-0.3, -0.25) is 4.79 Å². The van der Waals surface area contributed by atoms with Gasteiger partial charge in [0.25, 0.3) is 0 Å². The lowest BCUT2D eigenvalue weighted by atomic mass is 10.0. The Balaban J connectivity index is 2.89. The second kappa shape index (κ2) is 7.72. The highest BCUT2D eigenvalue weighted by Gasteiger charge is 2.23. The number of halogens is 3. The van der Waals surface area contributed by atoms with E-state index in [1.807, 2.05) is 0 Å². The molecule has 1 amide bonds. The van der Waals surface area contributed by atoms with Crippen LogP contribution in [0.4, 0.5) is 13.6 Å². The first-order valence-electron chi connectivity index (χ1n) is 6.82. The Morgan fingerprint density at radius 1 is 1.30 bits per heavy atom. The minimum Gasteiger partial charge on any atom is -0.481 e. The van der Waals surface area contributed by atoms with Crippen LogP contribution in [0, 0.1) is 11.6 Å². The Bertz CT molecular complexity index is 602. The molecule has 128 valence electrons. The number of rotatable bonds is 5. The van der Waals surface area contributed by atoms with E-state index in [2.05, 4.69) is 21.2 Å². The molecule has 0 aliphatic carbocycles. The third kappa shape index (κ3) is 6.94. The predicted molar refractivity (Wildman–Crippen MR) is 83.2 cm³/mol. The highest BCUT2D eigenvalue weighted by molar-refractivity contribution is 9.10. The first-order chi connectivity index (χ1) is 10.5. The van der Waals surface area contributed by atoms with E-state index in [0.717, 1.165) is 12.1 Å². The normalized spacial score (nSPS) is 12.6. The van der Waals surface area contributed by atoms with Crippen LogP contribution < -0.4 is 5.32 Å². The van der Waals surface area contributed by atoms with Crippen LogP contribution in [0.5, 0.6) is 0 Å². The molecule has 0 radical (unpaired) electrons. The first kappa shape index (κ1) is 19.3. The molecule has 0 aliphatic heterocycles. The van der Waals surface area contributed by atoms with Gasteiger partial charge in [0, 0.05) is 6.04 Å². The maximum Gasteiger partial charge on any atom is 0.407 e. The van der Waals surface area contributed by atoms with Crippen LogP contribution >= 0.6 is 15.9 Å². The summed E-state index contributed by atoms with van der Waals surface area (Å²) in [7, 11) is 0. The summed E-state index contributed by atoms with van der Waals surface area (Å²) in [6.07, 6.45) is -1.44. The largest absolute Gasteiger partial charge is 0.481 e. The highest BCUT2D eigenvalue weighted by Crippen LogP contribution is 2.21. The number of benzene rings is 1. The topological polar surface area (TPSA) is 75.6 Å². The van der Waals surface area contributed by atoms with E-state index >= 15 is 0 Å². The number of carbonyl (C=O) groups is 2. The Morgan fingerprint density at radius 3 is 2.43 bits per heavy atom. The molecule has 0 saturated heterocycles. The number of amides is 1. The summed E-state index contributed by atoms with van der Waals surface area (Å²) >= 11 is 2.86. The Labute approximate surface area is 141 Å². The molecule has 8 heteroatoms. The predicted octanol–water partition coefficient (Wildman–Crippen LogP) is 3.64. The molecule has 0 saturated carbocycles. The van der Waals surface area contributed by atoms with Crippen LogP contribution in [0.25, 0.3) is 0 Å². The van der Waals surface area contributed by atoms with E-state index in [0.29, 0.717) is 0 Å². The number of nitrogens with one attached hydrogen (secondary N) is 1. The van der Waals surface area contributed by atoms with Crippen molar-refractivity contribution in [2.75, 3.05) is 0 Å². The molecule has 0 aromatic heterocycles. The monoisotopic (exact) mass is 393 g/mol. The Hall–Kier alpha value is -1.70. The maximum absolute atomic E-state index is 13.8. The average Bonchev–Trinajstić information content (AvgIpc) is 2.32. The van der Waals surface area contributed by atoms with Crippen molar-refractivity contribution in [1.29, 1.82) is 0 Å². The molecule has 1 unspecified atom stereocenters. The van der Waals surface area contributed by atoms with Crippen molar-refractivity contribution < 1.29 is 28.2 Å². The standard InChI is InChI=1S/C15H18BrF2NO4/c1-15(2,3)23-14(22)19-9(6-13(20)21)4-8-5-12(18)10(16)7-11(8)17/h5,7,9H,4,6H2,1-3H3,(H,19,22)(H,20,21). The number of carbonyl (C=O) groups excluding carboxylic acids is 1. The summed E-state index contributed by atoms with van der Waals surface area (Å²) in [5.74, 6) is -2.54. The summed E-state index contributed by atoms with van der Waals surface area (Å²) in [6.45, 7) is 4.97. The Morgan fingerprint density at radius 2 is 1.91 bits per heavy atom. The van der Waals surface area contributed by atoms with Gasteiger partial charge in [0.05, 0.1) is 10.9 Å². The van der Waals surface area contributed by atoms with Crippen molar-refractivity contribution in [3.63, 3.8) is 0 Å². The number of carboxylic acid groups (broad SMARTS) is 1. The van der Waals surface area contributed by atoms with Crippen LogP contribution in [-0.2, 0) is 16.0 Å². The van der Waals surface area contributed by atoms with Gasteiger partial charge in [0.2, 0.25) is 0 Å². The summed E-state index contributed by atoms with van der Waals surface area (Å²) in [5.41, 5.74) is -0.791. The van der Waals surface area contributed by atoms with Crippen LogP contribution in [0.15, 0.2) is 16.6 Å². The zero-order valence-electron chi connectivity index (χ0n) is 13.0. The quantitative estimate of drug-likeness (QED) is 0.748. The van der Waals surface area contributed by atoms with Gasteiger partial charge in [-0.05, 0) is 60.8 Å². The fraction of sp³-hybridized carbons (Fsp3) is 0.467. The third-order valence-corrected chi connectivity index (χ3v) is 3.31. The molecule has 0 fully saturated rings. The van der Waals surface area contributed by atoms with Crippen molar-refractivity contribution in [3.05, 3.63) is 33.8 Å². The zero-order chi connectivity index (χ0) is 17.8. The van der Waals surface area contributed by atoms with Gasteiger partial charge < -0.3 is 15.2 Å². The number of carboxylic acids is 1. The van der Waals surface area contributed by atoms with E-state index in [1.165, 1.54) is 0 Å². The van der Waals surface area contributed by atoms with Crippen LogP contribution in [0.3, 0.4) is 0 Å².